The van der Waals surface area contributed by atoms with Crippen LogP contribution in [0.15, 0.2) is 0 Å². The molecular formula is C14H19F13NO6PS2. The summed E-state index contributed by atoms with van der Waals surface area (Å²) in [5.74, 6) is -3.38. The number of ether oxygens (including phenoxy) is 2. The molecule has 0 aromatic heterocycles. The van der Waals surface area contributed by atoms with Crippen molar-refractivity contribution in [1.29, 1.82) is 0 Å². The molecule has 0 aromatic rings. The number of rotatable bonds is 20. The van der Waals surface area contributed by atoms with Crippen LogP contribution in [-0.2, 0) is 27.7 Å². The summed E-state index contributed by atoms with van der Waals surface area (Å²) >= 11 is 0.0403. The third kappa shape index (κ3) is 13.1. The Balaban J connectivity index is 4.45. The van der Waals surface area contributed by atoms with E-state index in [0.29, 0.717) is 0 Å². The van der Waals surface area contributed by atoms with Gasteiger partial charge in [-0.15, -0.1) is 0 Å². The second kappa shape index (κ2) is 15.5. The Bertz CT molecular complexity index is 709. The molecule has 0 saturated carbocycles. The molecule has 23 heteroatoms. The predicted octanol–water partition coefficient (Wildman–Crippen LogP) is 6.15. The molecule has 7 nitrogen and oxygen atoms in total. The Hall–Kier alpha value is -0.220. The minimum absolute atomic E-state index is 0.00364. The van der Waals surface area contributed by atoms with Gasteiger partial charge < -0.3 is 4.74 Å². The third-order valence-electron chi connectivity index (χ3n) is 3.36. The van der Waals surface area contributed by atoms with Crippen molar-refractivity contribution in [2.45, 2.75) is 49.0 Å². The fraction of sp³-hybridized carbons (Fsp3) is 1.00. The van der Waals surface area contributed by atoms with Crippen LogP contribution in [0.3, 0.4) is 0 Å². The SMILES string of the molecule is NOP(=O)(OCCSCCOC(F)CC(F)F)OCCSC(F)(F)C(F)OC(F)(F)C(F)(F)C(F)(F)F. The number of thioether (sulfide) groups is 2. The summed E-state index contributed by atoms with van der Waals surface area (Å²) in [6, 6.07) is 0. The number of halogens is 13. The number of nitrogens with two attached hydrogens (primary N) is 1. The normalized spacial score (nSPS) is 17.2. The highest BCUT2D eigenvalue weighted by molar-refractivity contribution is 8.00. The van der Waals surface area contributed by atoms with Gasteiger partial charge in [-0.2, -0.15) is 51.3 Å². The lowest BCUT2D eigenvalue weighted by atomic mass is 10.3. The van der Waals surface area contributed by atoms with Crippen LogP contribution in [0.1, 0.15) is 6.42 Å². The van der Waals surface area contributed by atoms with Crippen LogP contribution in [0.2, 0.25) is 0 Å². The van der Waals surface area contributed by atoms with Crippen molar-refractivity contribution in [3.8, 4) is 0 Å². The van der Waals surface area contributed by atoms with E-state index >= 15 is 0 Å². The Kier molecular flexibility index (Phi) is 15.4. The minimum atomic E-state index is -6.99. The van der Waals surface area contributed by atoms with Crippen molar-refractivity contribution in [2.75, 3.05) is 37.1 Å². The molecule has 0 heterocycles. The Labute approximate surface area is 208 Å². The van der Waals surface area contributed by atoms with Crippen LogP contribution >= 0.6 is 31.3 Å². The highest BCUT2D eigenvalue weighted by atomic mass is 32.2. The summed E-state index contributed by atoms with van der Waals surface area (Å²) in [5.41, 5.74) is 0. The molecular weight excluding hydrogens is 620 g/mol. The molecule has 0 aliphatic carbocycles. The van der Waals surface area contributed by atoms with Gasteiger partial charge in [-0.05, 0) is 0 Å². The molecule has 0 amide bonds. The van der Waals surface area contributed by atoms with Crippen molar-refractivity contribution in [3.05, 3.63) is 0 Å². The smallest absolute Gasteiger partial charge is 0.347 e. The first-order valence-electron chi connectivity index (χ1n) is 9.26. The van der Waals surface area contributed by atoms with Gasteiger partial charge in [0, 0.05) is 17.3 Å². The van der Waals surface area contributed by atoms with E-state index in [-0.39, 0.29) is 18.1 Å². The maximum Gasteiger partial charge on any atom is 0.491 e. The fourth-order valence-corrected chi connectivity index (χ4v) is 3.99. The van der Waals surface area contributed by atoms with E-state index in [0.717, 1.165) is 11.8 Å². The lowest BCUT2D eigenvalue weighted by molar-refractivity contribution is -0.446. The Morgan fingerprint density at radius 3 is 1.81 bits per heavy atom. The molecule has 0 spiro atoms. The summed E-state index contributed by atoms with van der Waals surface area (Å²) in [6.45, 7) is -1.79. The summed E-state index contributed by atoms with van der Waals surface area (Å²) in [5, 5.41) is -5.10. The van der Waals surface area contributed by atoms with Crippen LogP contribution < -0.4 is 5.90 Å². The van der Waals surface area contributed by atoms with Crippen molar-refractivity contribution >= 4 is 31.3 Å². The first kappa shape index (κ1) is 36.8. The maximum atomic E-state index is 13.5. The minimum Gasteiger partial charge on any atom is -0.347 e. The van der Waals surface area contributed by atoms with Crippen LogP contribution in [0.25, 0.3) is 0 Å². The molecule has 0 bridgehead atoms. The van der Waals surface area contributed by atoms with Crippen molar-refractivity contribution in [3.63, 3.8) is 0 Å². The van der Waals surface area contributed by atoms with E-state index in [2.05, 4.69) is 29.0 Å². The van der Waals surface area contributed by atoms with Gasteiger partial charge in [0.1, 0.15) is 0 Å². The van der Waals surface area contributed by atoms with Gasteiger partial charge in [0.15, 0.2) is 0 Å². The standard InChI is InChI=1S/C14H19F13NO6PS2/c15-8(16)7-9(17)30-1-4-36-5-2-31-35(29,34-28)32-3-6-37-11(19,20)10(18)33-14(26,27)12(21,22)13(23,24)25/h8-10H,1-7,28H2. The monoisotopic (exact) mass is 639 g/mol. The molecule has 0 aliphatic heterocycles. The van der Waals surface area contributed by atoms with E-state index in [1.165, 1.54) is 0 Å². The molecule has 0 fully saturated rings. The maximum absolute atomic E-state index is 13.5. The molecule has 0 saturated heterocycles. The number of phosphoric acid groups is 1. The predicted molar refractivity (Wildman–Crippen MR) is 103 cm³/mol. The van der Waals surface area contributed by atoms with E-state index in [9.17, 15) is 61.6 Å². The lowest BCUT2D eigenvalue weighted by Crippen LogP contribution is -2.55. The van der Waals surface area contributed by atoms with E-state index < -0.39 is 87.6 Å². The summed E-state index contributed by atoms with van der Waals surface area (Å²) in [7, 11) is -4.61. The zero-order valence-electron chi connectivity index (χ0n) is 17.9. The van der Waals surface area contributed by atoms with Gasteiger partial charge in [0.25, 0.3) is 6.36 Å². The van der Waals surface area contributed by atoms with Crippen LogP contribution in [0.4, 0.5) is 57.1 Å². The van der Waals surface area contributed by atoms with Crippen molar-refractivity contribution in [1.82, 2.24) is 0 Å². The van der Waals surface area contributed by atoms with Gasteiger partial charge in [-0.3, -0.25) is 13.8 Å². The molecule has 3 unspecified atom stereocenters. The van der Waals surface area contributed by atoms with Gasteiger partial charge in [0.2, 0.25) is 12.8 Å². The van der Waals surface area contributed by atoms with Crippen molar-refractivity contribution in [2.24, 2.45) is 5.90 Å². The van der Waals surface area contributed by atoms with Crippen LogP contribution in [-0.4, -0.2) is 79.7 Å². The third-order valence-corrected chi connectivity index (χ3v) is 6.47. The number of hydrogen-bond acceptors (Lipinski definition) is 9. The van der Waals surface area contributed by atoms with Gasteiger partial charge in [-0.25, -0.2) is 32.6 Å². The van der Waals surface area contributed by atoms with Gasteiger partial charge in [0.05, 0.1) is 26.2 Å². The zero-order chi connectivity index (χ0) is 29.1. The average Bonchev–Trinajstić information content (AvgIpc) is 2.74. The number of phosphoric ester groups is 1. The molecule has 0 rings (SSSR count). The summed E-state index contributed by atoms with van der Waals surface area (Å²) in [4.78, 5) is 0. The molecule has 0 aromatic carbocycles. The molecule has 0 radical (unpaired) electrons. The zero-order valence-corrected chi connectivity index (χ0v) is 20.4. The van der Waals surface area contributed by atoms with Gasteiger partial charge in [-0.1, -0.05) is 11.8 Å². The quantitative estimate of drug-likeness (QED) is 0.0730. The average molecular weight is 639 g/mol. The van der Waals surface area contributed by atoms with Crippen LogP contribution in [0.5, 0.6) is 0 Å². The first-order chi connectivity index (χ1) is 16.7. The number of alkyl halides is 13. The second-order valence-corrected chi connectivity index (χ2v) is 10.3. The molecule has 2 N–H and O–H groups in total. The molecule has 0 aliphatic rings. The van der Waals surface area contributed by atoms with Crippen LogP contribution in [0, 0.1) is 0 Å². The largest absolute Gasteiger partial charge is 0.491 e. The molecule has 37 heavy (non-hydrogen) atoms. The topological polar surface area (TPSA) is 89.2 Å². The van der Waals surface area contributed by atoms with Crippen molar-refractivity contribution < 1.29 is 84.8 Å². The summed E-state index contributed by atoms with van der Waals surface area (Å²) < 4.78 is 196. The molecule has 3 atom stereocenters. The first-order valence-corrected chi connectivity index (χ1v) is 12.9. The fourth-order valence-electron chi connectivity index (χ4n) is 1.68. The Morgan fingerprint density at radius 2 is 1.32 bits per heavy atom. The highest BCUT2D eigenvalue weighted by Gasteiger charge is 2.76. The molecule has 224 valence electrons. The highest BCUT2D eigenvalue weighted by Crippen LogP contribution is 2.50. The summed E-state index contributed by atoms with van der Waals surface area (Å²) in [6.07, 6.45) is -24.5. The lowest BCUT2D eigenvalue weighted by Gasteiger charge is -2.30. The Morgan fingerprint density at radius 1 is 0.811 bits per heavy atom. The van der Waals surface area contributed by atoms with E-state index in [4.69, 9.17) is 0 Å². The second-order valence-electron chi connectivity index (χ2n) is 6.17. The van der Waals surface area contributed by atoms with E-state index in [1.54, 1.807) is 0 Å². The van der Waals surface area contributed by atoms with Gasteiger partial charge >= 0.3 is 31.3 Å². The number of hydrogen-bond donors (Lipinski definition) is 1. The van der Waals surface area contributed by atoms with E-state index in [1.807, 2.05) is 0 Å².